The summed E-state index contributed by atoms with van der Waals surface area (Å²) in [5, 5.41) is 3.43. The van der Waals surface area contributed by atoms with Crippen molar-refractivity contribution in [3.05, 3.63) is 23.2 Å². The Morgan fingerprint density at radius 3 is 2.62 bits per heavy atom. The second kappa shape index (κ2) is 9.23. The lowest BCUT2D eigenvalue weighted by molar-refractivity contribution is 0.0616. The Bertz CT molecular complexity index is 399. The largest absolute Gasteiger partial charge is 0.463 e. The zero-order valence-electron chi connectivity index (χ0n) is 14.5. The molecular weight excluding hydrogens is 264 g/mol. The molecule has 0 saturated heterocycles. The first-order chi connectivity index (χ1) is 9.88. The van der Waals surface area contributed by atoms with Gasteiger partial charge < -0.3 is 14.5 Å². The third kappa shape index (κ3) is 7.65. The first kappa shape index (κ1) is 18.2. The molecule has 4 nitrogen and oxygen atoms in total. The summed E-state index contributed by atoms with van der Waals surface area (Å²) in [6, 6.07) is 2.15. The lowest BCUT2D eigenvalue weighted by Gasteiger charge is -2.16. The molecular formula is C17H32N2O2. The summed E-state index contributed by atoms with van der Waals surface area (Å²) in [7, 11) is 2.10. The van der Waals surface area contributed by atoms with Crippen LogP contribution in [0.2, 0.25) is 0 Å². The Kier molecular flexibility index (Phi) is 8.01. The molecule has 0 bridgehead atoms. The van der Waals surface area contributed by atoms with Crippen LogP contribution in [0.1, 0.15) is 44.8 Å². The number of ether oxygens (including phenoxy) is 1. The van der Waals surface area contributed by atoms with Crippen LogP contribution in [0.25, 0.3) is 0 Å². The molecule has 4 heteroatoms. The number of hydrogen-bond donors (Lipinski definition) is 1. The fourth-order valence-corrected chi connectivity index (χ4v) is 2.11. The summed E-state index contributed by atoms with van der Waals surface area (Å²) in [5.41, 5.74) is 1.23. The van der Waals surface area contributed by atoms with E-state index in [0.29, 0.717) is 12.0 Å². The van der Waals surface area contributed by atoms with Crippen LogP contribution in [0.3, 0.4) is 0 Å². The second-order valence-corrected chi connectivity index (χ2v) is 6.50. The van der Waals surface area contributed by atoms with Crippen LogP contribution < -0.4 is 5.32 Å². The summed E-state index contributed by atoms with van der Waals surface area (Å²) in [4.78, 5) is 2.23. The van der Waals surface area contributed by atoms with Crippen LogP contribution in [-0.2, 0) is 17.8 Å². The highest BCUT2D eigenvalue weighted by molar-refractivity contribution is 5.20. The number of likely N-dealkylation sites (N-methyl/N-ethyl adjacent to an activating group) is 1. The topological polar surface area (TPSA) is 37.6 Å². The maximum absolute atomic E-state index is 5.95. The molecule has 0 saturated carbocycles. The van der Waals surface area contributed by atoms with Crippen molar-refractivity contribution in [1.29, 1.82) is 0 Å². The van der Waals surface area contributed by atoms with Crippen molar-refractivity contribution in [3.8, 4) is 0 Å². The highest BCUT2D eigenvalue weighted by atomic mass is 16.5. The molecule has 1 aromatic heterocycles. The first-order valence-electron chi connectivity index (χ1n) is 7.97. The second-order valence-electron chi connectivity index (χ2n) is 6.50. The highest BCUT2D eigenvalue weighted by Crippen LogP contribution is 2.16. The van der Waals surface area contributed by atoms with Crippen molar-refractivity contribution < 1.29 is 9.15 Å². The number of aryl methyl sites for hydroxylation is 1. The summed E-state index contributed by atoms with van der Waals surface area (Å²) in [6.45, 7) is 15.0. The van der Waals surface area contributed by atoms with E-state index < -0.39 is 0 Å². The fraction of sp³-hybridized carbons (Fsp3) is 0.765. The lowest BCUT2D eigenvalue weighted by Crippen LogP contribution is -2.23. The van der Waals surface area contributed by atoms with E-state index in [1.54, 1.807) is 0 Å². The van der Waals surface area contributed by atoms with E-state index in [9.17, 15) is 0 Å². The summed E-state index contributed by atoms with van der Waals surface area (Å²) in [6.07, 6.45) is 0.294. The molecule has 1 heterocycles. The molecule has 21 heavy (non-hydrogen) atoms. The lowest BCUT2D eigenvalue weighted by atomic mass is 10.2. The average molecular weight is 296 g/mol. The Hall–Kier alpha value is -0.840. The third-order valence-corrected chi connectivity index (χ3v) is 3.26. The van der Waals surface area contributed by atoms with Gasteiger partial charge in [-0.05, 0) is 51.9 Å². The van der Waals surface area contributed by atoms with E-state index in [1.807, 2.05) is 0 Å². The van der Waals surface area contributed by atoms with Gasteiger partial charge in [-0.15, -0.1) is 0 Å². The summed E-state index contributed by atoms with van der Waals surface area (Å²) in [5.74, 6) is 2.74. The molecule has 0 unspecified atom stereocenters. The molecule has 1 N–H and O–H groups in total. The van der Waals surface area contributed by atoms with Crippen LogP contribution in [0.5, 0.6) is 0 Å². The molecule has 0 fully saturated rings. The normalized spacial score (nSPS) is 12.0. The molecule has 0 amide bonds. The van der Waals surface area contributed by atoms with Gasteiger partial charge >= 0.3 is 0 Å². The van der Waals surface area contributed by atoms with Crippen LogP contribution in [0, 0.1) is 12.8 Å². The smallest absolute Gasteiger partial charge is 0.120 e. The Labute approximate surface area is 129 Å². The van der Waals surface area contributed by atoms with Gasteiger partial charge in [-0.1, -0.05) is 13.8 Å². The van der Waals surface area contributed by atoms with Gasteiger partial charge in [0.1, 0.15) is 11.5 Å². The van der Waals surface area contributed by atoms with Gasteiger partial charge in [-0.2, -0.15) is 0 Å². The van der Waals surface area contributed by atoms with E-state index in [2.05, 4.69) is 57.9 Å². The highest BCUT2D eigenvalue weighted by Gasteiger charge is 2.10. The maximum atomic E-state index is 5.95. The van der Waals surface area contributed by atoms with Gasteiger partial charge in [-0.3, -0.25) is 4.90 Å². The minimum Gasteiger partial charge on any atom is -0.463 e. The molecule has 0 radical (unpaired) electrons. The molecule has 0 aliphatic carbocycles. The van der Waals surface area contributed by atoms with Crippen molar-refractivity contribution in [2.24, 2.45) is 5.92 Å². The van der Waals surface area contributed by atoms with E-state index >= 15 is 0 Å². The zero-order valence-corrected chi connectivity index (χ0v) is 14.5. The van der Waals surface area contributed by atoms with Crippen LogP contribution in [-0.4, -0.2) is 37.7 Å². The number of nitrogens with one attached hydrogen (secondary N) is 1. The summed E-state index contributed by atoms with van der Waals surface area (Å²) >= 11 is 0. The van der Waals surface area contributed by atoms with Gasteiger partial charge in [0.2, 0.25) is 0 Å². The van der Waals surface area contributed by atoms with Crippen molar-refractivity contribution in [3.63, 3.8) is 0 Å². The van der Waals surface area contributed by atoms with Crippen molar-refractivity contribution >= 4 is 0 Å². The minimum absolute atomic E-state index is 0.294. The van der Waals surface area contributed by atoms with E-state index in [-0.39, 0.29) is 0 Å². The predicted molar refractivity (Wildman–Crippen MR) is 87.4 cm³/mol. The van der Waals surface area contributed by atoms with Gasteiger partial charge in [0.25, 0.3) is 0 Å². The van der Waals surface area contributed by atoms with Crippen molar-refractivity contribution in [2.45, 2.75) is 53.8 Å². The Morgan fingerprint density at radius 2 is 2.00 bits per heavy atom. The fourth-order valence-electron chi connectivity index (χ4n) is 2.11. The van der Waals surface area contributed by atoms with Crippen molar-refractivity contribution in [1.82, 2.24) is 10.2 Å². The van der Waals surface area contributed by atoms with E-state index in [1.165, 1.54) is 5.56 Å². The minimum atomic E-state index is 0.294. The van der Waals surface area contributed by atoms with Crippen LogP contribution in [0.15, 0.2) is 10.5 Å². The molecule has 1 aromatic rings. The maximum Gasteiger partial charge on any atom is 0.120 e. The molecule has 0 aliphatic heterocycles. The monoisotopic (exact) mass is 296 g/mol. The summed E-state index contributed by atoms with van der Waals surface area (Å²) < 4.78 is 11.5. The molecule has 0 aromatic carbocycles. The van der Waals surface area contributed by atoms with Gasteiger partial charge in [0, 0.05) is 6.54 Å². The molecule has 0 atom stereocenters. The van der Waals surface area contributed by atoms with E-state index in [4.69, 9.17) is 9.15 Å². The average Bonchev–Trinajstić information content (AvgIpc) is 2.68. The third-order valence-electron chi connectivity index (χ3n) is 3.26. The number of nitrogens with zero attached hydrogens (tertiary/aromatic N) is 1. The molecule has 122 valence electrons. The number of furan rings is 1. The Balaban J connectivity index is 2.38. The Morgan fingerprint density at radius 1 is 1.29 bits per heavy atom. The van der Waals surface area contributed by atoms with E-state index in [0.717, 1.165) is 44.3 Å². The zero-order chi connectivity index (χ0) is 15.8. The van der Waals surface area contributed by atoms with Gasteiger partial charge in [-0.25, -0.2) is 0 Å². The first-order valence-corrected chi connectivity index (χ1v) is 7.97. The quantitative estimate of drug-likeness (QED) is 0.719. The molecule has 1 rings (SSSR count). The number of hydrogen-bond acceptors (Lipinski definition) is 4. The SMILES string of the molecule is Cc1cc(CN(C)CCOC(C)C)oc1CNCC(C)C. The standard InChI is InChI=1S/C17H32N2O2/c1-13(2)10-18-11-17-15(5)9-16(21-17)12-19(6)7-8-20-14(3)4/h9,13-14,18H,7-8,10-12H2,1-6H3. The van der Waals surface area contributed by atoms with Crippen LogP contribution in [0.4, 0.5) is 0 Å². The van der Waals surface area contributed by atoms with Gasteiger partial charge in [0.05, 0.1) is 25.8 Å². The van der Waals surface area contributed by atoms with Crippen LogP contribution >= 0.6 is 0 Å². The number of rotatable bonds is 10. The van der Waals surface area contributed by atoms with Gasteiger partial charge in [0.15, 0.2) is 0 Å². The predicted octanol–water partition coefficient (Wildman–Crippen LogP) is 3.19. The molecule has 0 aliphatic rings. The molecule has 0 spiro atoms. The van der Waals surface area contributed by atoms with Crippen molar-refractivity contribution in [2.75, 3.05) is 26.7 Å².